The Bertz CT molecular complexity index is 778. The third kappa shape index (κ3) is 2.75. The second-order valence-electron chi connectivity index (χ2n) is 5.89. The van der Waals surface area contributed by atoms with Crippen molar-refractivity contribution in [1.29, 1.82) is 0 Å². The van der Waals surface area contributed by atoms with Crippen molar-refractivity contribution in [3.63, 3.8) is 0 Å². The smallest absolute Gasteiger partial charge is 0.320 e. The number of carbonyl (C=O) groups is 1. The van der Waals surface area contributed by atoms with Gasteiger partial charge in [0.2, 0.25) is 6.79 Å². The topological polar surface area (TPSA) is 59.0 Å². The van der Waals surface area contributed by atoms with Crippen molar-refractivity contribution in [3.05, 3.63) is 45.1 Å². The average Bonchev–Trinajstić information content (AvgIpc) is 3.28. The van der Waals surface area contributed by atoms with Crippen molar-refractivity contribution in [2.24, 2.45) is 0 Å². The second-order valence-corrected chi connectivity index (χ2v) is 7.64. The minimum absolute atomic E-state index is 0.152. The van der Waals surface area contributed by atoms with Gasteiger partial charge in [0.1, 0.15) is 6.04 Å². The summed E-state index contributed by atoms with van der Waals surface area (Å²) in [6.45, 7) is 0.960. The van der Waals surface area contributed by atoms with Gasteiger partial charge in [-0.15, -0.1) is 11.3 Å². The number of ether oxygens (including phenoxy) is 2. The van der Waals surface area contributed by atoms with Gasteiger partial charge in [-0.1, -0.05) is 17.7 Å². The molecule has 24 heavy (non-hydrogen) atoms. The van der Waals surface area contributed by atoms with E-state index in [1.54, 1.807) is 0 Å². The molecule has 5 nitrogen and oxygen atoms in total. The van der Waals surface area contributed by atoms with Gasteiger partial charge in [-0.2, -0.15) is 0 Å². The van der Waals surface area contributed by atoms with Crippen LogP contribution in [-0.2, 0) is 4.79 Å². The summed E-state index contributed by atoms with van der Waals surface area (Å²) in [6, 6.07) is 8.99. The van der Waals surface area contributed by atoms with E-state index in [1.165, 1.54) is 11.3 Å². The molecule has 1 N–H and O–H groups in total. The highest BCUT2D eigenvalue weighted by atomic mass is 35.5. The number of likely N-dealkylation sites (tertiary alicyclic amines) is 1. The van der Waals surface area contributed by atoms with E-state index in [2.05, 4.69) is 0 Å². The van der Waals surface area contributed by atoms with Crippen molar-refractivity contribution in [3.8, 4) is 11.5 Å². The molecule has 7 heteroatoms. The first-order valence-electron chi connectivity index (χ1n) is 7.77. The molecule has 2 aliphatic rings. The Morgan fingerprint density at radius 2 is 2.12 bits per heavy atom. The number of halogens is 1. The lowest BCUT2D eigenvalue weighted by molar-refractivity contribution is -0.142. The van der Waals surface area contributed by atoms with Gasteiger partial charge in [0.15, 0.2) is 11.5 Å². The molecule has 0 saturated carbocycles. The van der Waals surface area contributed by atoms with Gasteiger partial charge >= 0.3 is 5.97 Å². The molecular weight excluding hydrogens is 350 g/mol. The maximum Gasteiger partial charge on any atom is 0.320 e. The fourth-order valence-corrected chi connectivity index (χ4v) is 4.65. The molecule has 1 fully saturated rings. The summed E-state index contributed by atoms with van der Waals surface area (Å²) >= 11 is 7.61. The van der Waals surface area contributed by atoms with Crippen LogP contribution in [0.25, 0.3) is 0 Å². The van der Waals surface area contributed by atoms with E-state index in [1.807, 2.05) is 35.2 Å². The monoisotopic (exact) mass is 365 g/mol. The van der Waals surface area contributed by atoms with Crippen LogP contribution in [0.15, 0.2) is 30.3 Å². The molecule has 0 amide bonds. The van der Waals surface area contributed by atoms with Gasteiger partial charge in [0.25, 0.3) is 0 Å². The quantitative estimate of drug-likeness (QED) is 0.893. The first-order valence-corrected chi connectivity index (χ1v) is 8.96. The zero-order chi connectivity index (χ0) is 16.7. The minimum Gasteiger partial charge on any atom is -0.480 e. The van der Waals surface area contributed by atoms with Crippen LogP contribution >= 0.6 is 22.9 Å². The van der Waals surface area contributed by atoms with E-state index >= 15 is 0 Å². The SMILES string of the molecule is O=C(O)C1CCCN1C(c1ccc2c(c1)OCO2)c1ccc(Cl)s1. The zero-order valence-corrected chi connectivity index (χ0v) is 14.3. The van der Waals surface area contributed by atoms with Gasteiger partial charge in [0, 0.05) is 11.4 Å². The maximum absolute atomic E-state index is 11.7. The molecule has 2 aromatic rings. The number of benzene rings is 1. The molecule has 1 saturated heterocycles. The summed E-state index contributed by atoms with van der Waals surface area (Å²) in [5, 5.41) is 9.58. The highest BCUT2D eigenvalue weighted by Crippen LogP contribution is 2.42. The summed E-state index contributed by atoms with van der Waals surface area (Å²) in [6.07, 6.45) is 1.53. The number of aliphatic carboxylic acids is 1. The lowest BCUT2D eigenvalue weighted by atomic mass is 10.0. The Morgan fingerprint density at radius 1 is 1.29 bits per heavy atom. The first kappa shape index (κ1) is 15.7. The molecule has 126 valence electrons. The Morgan fingerprint density at radius 3 is 2.88 bits per heavy atom. The van der Waals surface area contributed by atoms with Gasteiger partial charge in [-0.25, -0.2) is 0 Å². The third-order valence-electron chi connectivity index (χ3n) is 4.49. The highest BCUT2D eigenvalue weighted by Gasteiger charge is 2.37. The number of hydrogen-bond acceptors (Lipinski definition) is 5. The minimum atomic E-state index is -0.777. The van der Waals surface area contributed by atoms with E-state index in [0.717, 1.165) is 29.2 Å². The number of nitrogens with zero attached hydrogens (tertiary/aromatic N) is 1. The van der Waals surface area contributed by atoms with Crippen molar-refractivity contribution < 1.29 is 19.4 Å². The van der Waals surface area contributed by atoms with E-state index < -0.39 is 12.0 Å². The molecular formula is C17H16ClNO4S. The largest absolute Gasteiger partial charge is 0.480 e. The Balaban J connectivity index is 1.77. The molecule has 0 spiro atoms. The van der Waals surface area contributed by atoms with Crippen LogP contribution in [0.4, 0.5) is 0 Å². The molecule has 0 aliphatic carbocycles. The predicted molar refractivity (Wildman–Crippen MR) is 91.1 cm³/mol. The summed E-state index contributed by atoms with van der Waals surface area (Å²) in [5.74, 6) is 0.644. The standard InChI is InChI=1S/C17H16ClNO4S/c18-15-6-5-14(24-15)16(19-7-1-2-11(19)17(20)21)10-3-4-12-13(8-10)23-9-22-12/h3-6,8,11,16H,1-2,7,9H2,(H,20,21). The van der Waals surface area contributed by atoms with Crippen LogP contribution in [0.2, 0.25) is 4.34 Å². The van der Waals surface area contributed by atoms with Crippen LogP contribution in [0, 0.1) is 0 Å². The summed E-state index contributed by atoms with van der Waals surface area (Å²) in [7, 11) is 0. The van der Waals surface area contributed by atoms with E-state index in [9.17, 15) is 9.90 Å². The van der Waals surface area contributed by atoms with Crippen molar-refractivity contribution >= 4 is 28.9 Å². The van der Waals surface area contributed by atoms with Gasteiger partial charge in [-0.05, 0) is 42.7 Å². The lowest BCUT2D eigenvalue weighted by Crippen LogP contribution is -2.38. The zero-order valence-electron chi connectivity index (χ0n) is 12.8. The molecule has 0 radical (unpaired) electrons. The van der Waals surface area contributed by atoms with Crippen LogP contribution in [0.3, 0.4) is 0 Å². The number of rotatable bonds is 4. The summed E-state index contributed by atoms with van der Waals surface area (Å²) in [5.41, 5.74) is 0.992. The van der Waals surface area contributed by atoms with Crippen LogP contribution < -0.4 is 9.47 Å². The second kappa shape index (κ2) is 6.27. The first-order chi connectivity index (χ1) is 11.6. The number of carboxylic acid groups (broad SMARTS) is 1. The predicted octanol–water partition coefficient (Wildman–Crippen LogP) is 3.77. The van der Waals surface area contributed by atoms with Crippen molar-refractivity contribution in [2.75, 3.05) is 13.3 Å². The molecule has 1 aromatic carbocycles. The number of fused-ring (bicyclic) bond motifs is 1. The lowest BCUT2D eigenvalue weighted by Gasteiger charge is -2.31. The third-order valence-corrected chi connectivity index (χ3v) is 5.77. The number of thiophene rings is 1. The van der Waals surface area contributed by atoms with E-state index in [4.69, 9.17) is 21.1 Å². The van der Waals surface area contributed by atoms with E-state index in [0.29, 0.717) is 16.5 Å². The number of hydrogen-bond donors (Lipinski definition) is 1. The van der Waals surface area contributed by atoms with Gasteiger partial charge in [0.05, 0.1) is 10.4 Å². The Kier molecular flexibility index (Phi) is 4.12. The van der Waals surface area contributed by atoms with E-state index in [-0.39, 0.29) is 12.8 Å². The van der Waals surface area contributed by atoms with Crippen LogP contribution in [0.1, 0.15) is 29.3 Å². The molecule has 3 heterocycles. The summed E-state index contributed by atoms with van der Waals surface area (Å²) < 4.78 is 11.6. The normalized spacial score (nSPS) is 21.1. The Labute approximate surface area is 148 Å². The summed E-state index contributed by atoms with van der Waals surface area (Å²) in [4.78, 5) is 14.7. The molecule has 4 rings (SSSR count). The molecule has 2 atom stereocenters. The van der Waals surface area contributed by atoms with Crippen LogP contribution in [-0.4, -0.2) is 35.4 Å². The van der Waals surface area contributed by atoms with Crippen molar-refractivity contribution in [1.82, 2.24) is 4.90 Å². The van der Waals surface area contributed by atoms with Crippen molar-refractivity contribution in [2.45, 2.75) is 24.9 Å². The molecule has 1 aromatic heterocycles. The maximum atomic E-state index is 11.7. The molecule has 0 bridgehead atoms. The Hall–Kier alpha value is -1.76. The van der Waals surface area contributed by atoms with Gasteiger partial charge in [-0.3, -0.25) is 9.69 Å². The molecule has 2 unspecified atom stereocenters. The fourth-order valence-electron chi connectivity index (χ4n) is 3.44. The van der Waals surface area contributed by atoms with Crippen LogP contribution in [0.5, 0.6) is 11.5 Å². The average molecular weight is 366 g/mol. The molecule has 2 aliphatic heterocycles. The fraction of sp³-hybridized carbons (Fsp3) is 0.353. The highest BCUT2D eigenvalue weighted by molar-refractivity contribution is 7.16. The van der Waals surface area contributed by atoms with Gasteiger partial charge < -0.3 is 14.6 Å². The number of carboxylic acids is 1.